The summed E-state index contributed by atoms with van der Waals surface area (Å²) in [5.74, 6) is -2.29. The molecule has 0 saturated heterocycles. The van der Waals surface area contributed by atoms with Crippen molar-refractivity contribution in [1.82, 2.24) is 5.48 Å². The second-order valence-corrected chi connectivity index (χ2v) is 2.32. The molecule has 0 aliphatic carbocycles. The number of carbonyl (C=O) groups excluding carboxylic acids is 1. The zero-order valence-corrected chi connectivity index (χ0v) is 7.34. The maximum absolute atomic E-state index is 11.5. The van der Waals surface area contributed by atoms with Crippen LogP contribution in [-0.2, 0) is 19.2 Å². The summed E-state index contributed by atoms with van der Waals surface area (Å²) in [5, 5.41) is 8.07. The van der Waals surface area contributed by atoms with Crippen LogP contribution in [0.15, 0.2) is 0 Å². The van der Waals surface area contributed by atoms with E-state index in [1.54, 1.807) is 0 Å². The fourth-order valence-corrected chi connectivity index (χ4v) is 0.459. The molecule has 0 aromatic carbocycles. The third kappa shape index (κ3) is 10.6. The SMILES string of the molecule is O=C(O)COCC(=O)NOCC(F)(F)F. The highest BCUT2D eigenvalue weighted by Crippen LogP contribution is 2.13. The molecule has 0 rings (SSSR count). The molecule has 0 heterocycles. The highest BCUT2D eigenvalue weighted by molar-refractivity contribution is 5.76. The number of carboxylic acids is 1. The van der Waals surface area contributed by atoms with E-state index in [0.29, 0.717) is 0 Å². The molecule has 0 bridgehead atoms. The van der Waals surface area contributed by atoms with Crippen molar-refractivity contribution in [2.24, 2.45) is 0 Å². The van der Waals surface area contributed by atoms with Crippen molar-refractivity contribution >= 4 is 11.9 Å². The van der Waals surface area contributed by atoms with Crippen LogP contribution in [0.3, 0.4) is 0 Å². The van der Waals surface area contributed by atoms with Gasteiger partial charge in [-0.15, -0.1) is 0 Å². The Bertz CT molecular complexity index is 229. The molecule has 0 aromatic heterocycles. The molecule has 0 aliphatic heterocycles. The topological polar surface area (TPSA) is 84.9 Å². The van der Waals surface area contributed by atoms with Crippen molar-refractivity contribution in [2.75, 3.05) is 19.8 Å². The first kappa shape index (κ1) is 13.7. The summed E-state index contributed by atoms with van der Waals surface area (Å²) in [7, 11) is 0. The normalized spacial score (nSPS) is 11.1. The number of halogens is 3. The van der Waals surface area contributed by atoms with E-state index in [-0.39, 0.29) is 0 Å². The van der Waals surface area contributed by atoms with Crippen molar-refractivity contribution in [3.8, 4) is 0 Å². The first-order chi connectivity index (χ1) is 6.81. The van der Waals surface area contributed by atoms with Crippen LogP contribution in [0.4, 0.5) is 13.2 Å². The fraction of sp³-hybridized carbons (Fsp3) is 0.667. The lowest BCUT2D eigenvalue weighted by molar-refractivity contribution is -0.192. The average Bonchev–Trinajstić information content (AvgIpc) is 2.00. The van der Waals surface area contributed by atoms with Crippen LogP contribution in [0.1, 0.15) is 0 Å². The molecule has 6 nitrogen and oxygen atoms in total. The van der Waals surface area contributed by atoms with Crippen LogP contribution in [0.2, 0.25) is 0 Å². The quantitative estimate of drug-likeness (QED) is 0.613. The fourth-order valence-electron chi connectivity index (χ4n) is 0.459. The number of amides is 1. The van der Waals surface area contributed by atoms with Gasteiger partial charge in [0.2, 0.25) is 0 Å². The number of aliphatic carboxylic acids is 1. The third-order valence-corrected chi connectivity index (χ3v) is 0.881. The molecule has 88 valence electrons. The Morgan fingerprint density at radius 1 is 1.27 bits per heavy atom. The lowest BCUT2D eigenvalue weighted by Crippen LogP contribution is -2.32. The molecule has 0 fully saturated rings. The summed E-state index contributed by atoms with van der Waals surface area (Å²) in [5.41, 5.74) is 1.44. The molecule has 0 aromatic rings. The molecule has 15 heavy (non-hydrogen) atoms. The third-order valence-electron chi connectivity index (χ3n) is 0.881. The van der Waals surface area contributed by atoms with E-state index in [4.69, 9.17) is 5.11 Å². The lowest BCUT2D eigenvalue weighted by atomic mass is 10.6. The summed E-state index contributed by atoms with van der Waals surface area (Å²) >= 11 is 0. The summed E-state index contributed by atoms with van der Waals surface area (Å²) in [6.07, 6.45) is -4.55. The number of hydroxylamine groups is 1. The molecule has 0 spiro atoms. The molecular formula is C6H8F3NO5. The van der Waals surface area contributed by atoms with E-state index in [1.165, 1.54) is 5.48 Å². The average molecular weight is 231 g/mol. The van der Waals surface area contributed by atoms with E-state index in [0.717, 1.165) is 0 Å². The summed E-state index contributed by atoms with van der Waals surface area (Å²) in [4.78, 5) is 24.2. The minimum atomic E-state index is -4.55. The van der Waals surface area contributed by atoms with Crippen molar-refractivity contribution in [1.29, 1.82) is 0 Å². The Morgan fingerprint density at radius 3 is 2.33 bits per heavy atom. The van der Waals surface area contributed by atoms with Gasteiger partial charge in [-0.3, -0.25) is 9.63 Å². The van der Waals surface area contributed by atoms with Gasteiger partial charge in [-0.1, -0.05) is 0 Å². The van der Waals surface area contributed by atoms with Crippen LogP contribution in [-0.4, -0.2) is 43.0 Å². The van der Waals surface area contributed by atoms with E-state index < -0.39 is 37.9 Å². The van der Waals surface area contributed by atoms with Gasteiger partial charge in [0.05, 0.1) is 0 Å². The number of rotatable bonds is 6. The van der Waals surface area contributed by atoms with Gasteiger partial charge < -0.3 is 9.84 Å². The Hall–Kier alpha value is -1.35. The summed E-state index contributed by atoms with van der Waals surface area (Å²) in [6, 6.07) is 0. The molecule has 9 heteroatoms. The predicted octanol–water partition coefficient (Wildman–Crippen LogP) is -0.302. The zero-order chi connectivity index (χ0) is 11.9. The van der Waals surface area contributed by atoms with Crippen LogP contribution >= 0.6 is 0 Å². The highest BCUT2D eigenvalue weighted by Gasteiger charge is 2.28. The minimum Gasteiger partial charge on any atom is -0.480 e. The van der Waals surface area contributed by atoms with Crippen molar-refractivity contribution in [2.45, 2.75) is 6.18 Å². The number of carbonyl (C=O) groups is 2. The van der Waals surface area contributed by atoms with Crippen molar-refractivity contribution in [3.63, 3.8) is 0 Å². The van der Waals surface area contributed by atoms with Gasteiger partial charge in [0, 0.05) is 0 Å². The van der Waals surface area contributed by atoms with Gasteiger partial charge in [-0.2, -0.15) is 13.2 Å². The van der Waals surface area contributed by atoms with Gasteiger partial charge in [-0.05, 0) is 0 Å². The van der Waals surface area contributed by atoms with E-state index >= 15 is 0 Å². The molecule has 0 atom stereocenters. The molecular weight excluding hydrogens is 223 g/mol. The summed E-state index contributed by atoms with van der Waals surface area (Å²) < 4.78 is 38.7. The number of alkyl halides is 3. The van der Waals surface area contributed by atoms with E-state index in [2.05, 4.69) is 9.57 Å². The number of nitrogens with one attached hydrogen (secondary N) is 1. The molecule has 1 amide bonds. The molecule has 0 saturated carbocycles. The Morgan fingerprint density at radius 2 is 1.87 bits per heavy atom. The van der Waals surface area contributed by atoms with Crippen LogP contribution in [0, 0.1) is 0 Å². The van der Waals surface area contributed by atoms with Crippen LogP contribution < -0.4 is 5.48 Å². The largest absolute Gasteiger partial charge is 0.480 e. The van der Waals surface area contributed by atoms with E-state index in [9.17, 15) is 22.8 Å². The van der Waals surface area contributed by atoms with Crippen molar-refractivity contribution < 1.29 is 37.4 Å². The Balaban J connectivity index is 3.46. The Labute approximate surface area is 81.9 Å². The molecule has 0 aliphatic rings. The smallest absolute Gasteiger partial charge is 0.414 e. The lowest BCUT2D eigenvalue weighted by Gasteiger charge is -2.07. The van der Waals surface area contributed by atoms with Crippen LogP contribution in [0.25, 0.3) is 0 Å². The van der Waals surface area contributed by atoms with Gasteiger partial charge in [-0.25, -0.2) is 10.3 Å². The molecule has 2 N–H and O–H groups in total. The van der Waals surface area contributed by atoms with Gasteiger partial charge in [0.25, 0.3) is 5.91 Å². The van der Waals surface area contributed by atoms with Crippen LogP contribution in [0.5, 0.6) is 0 Å². The standard InChI is InChI=1S/C6H8F3NO5/c7-6(8,9)3-15-10-4(11)1-14-2-5(12)13/h1-3H2,(H,10,11)(H,12,13). The summed E-state index contributed by atoms with van der Waals surface area (Å²) in [6.45, 7) is -3.03. The second kappa shape index (κ2) is 6.19. The number of hydrogen-bond donors (Lipinski definition) is 2. The monoisotopic (exact) mass is 231 g/mol. The Kier molecular flexibility index (Phi) is 5.64. The maximum Gasteiger partial charge on any atom is 0.414 e. The second-order valence-electron chi connectivity index (χ2n) is 2.32. The number of ether oxygens (including phenoxy) is 1. The van der Waals surface area contributed by atoms with Gasteiger partial charge in [0.15, 0.2) is 6.61 Å². The minimum absolute atomic E-state index is 0.690. The number of carboxylic acid groups (broad SMARTS) is 1. The first-order valence-corrected chi connectivity index (χ1v) is 3.58. The predicted molar refractivity (Wildman–Crippen MR) is 38.6 cm³/mol. The van der Waals surface area contributed by atoms with E-state index in [1.807, 2.05) is 0 Å². The highest BCUT2D eigenvalue weighted by atomic mass is 19.4. The molecule has 0 radical (unpaired) electrons. The van der Waals surface area contributed by atoms with Gasteiger partial charge in [0.1, 0.15) is 13.2 Å². The van der Waals surface area contributed by atoms with Crippen molar-refractivity contribution in [3.05, 3.63) is 0 Å². The zero-order valence-electron chi connectivity index (χ0n) is 7.34. The number of hydrogen-bond acceptors (Lipinski definition) is 4. The first-order valence-electron chi connectivity index (χ1n) is 3.58. The molecule has 0 unspecified atom stereocenters. The maximum atomic E-state index is 11.5. The van der Waals surface area contributed by atoms with Gasteiger partial charge >= 0.3 is 12.1 Å².